The molecule has 1 unspecified atom stereocenters. The number of ether oxygens (including phenoxy) is 4. The average Bonchev–Trinajstić information content (AvgIpc) is 3.23. The molecule has 0 aliphatic heterocycles. The zero-order valence-electron chi connectivity index (χ0n) is 22.5. The van der Waals surface area contributed by atoms with Crippen LogP contribution in [0.3, 0.4) is 0 Å². The molecule has 0 saturated heterocycles. The zero-order chi connectivity index (χ0) is 26.3. The Bertz CT molecular complexity index is 1190. The van der Waals surface area contributed by atoms with Crippen LogP contribution in [0.1, 0.15) is 72.0 Å². The number of carbonyl (C=O) groups is 1. The Morgan fingerprint density at radius 3 is 2.27 bits per heavy atom. The number of aryl methyl sites for hydroxylation is 1. The third kappa shape index (κ3) is 4.29. The molecular formula is C31H38O6. The van der Waals surface area contributed by atoms with E-state index in [1.807, 2.05) is 6.08 Å². The van der Waals surface area contributed by atoms with Crippen molar-refractivity contribution in [2.24, 2.45) is 17.3 Å². The van der Waals surface area contributed by atoms with Gasteiger partial charge in [-0.2, -0.15) is 0 Å². The van der Waals surface area contributed by atoms with Gasteiger partial charge in [-0.1, -0.05) is 6.92 Å². The first kappa shape index (κ1) is 25.7. The fraction of sp³-hybridized carbons (Fsp3) is 0.516. The third-order valence-electron chi connectivity index (χ3n) is 9.39. The highest BCUT2D eigenvalue weighted by atomic mass is 16.5. The molecule has 3 aliphatic rings. The number of rotatable bonds is 7. The number of allylic oxidation sites excluding steroid dienone is 1. The number of hydrogen-bond acceptors (Lipinski definition) is 6. The number of ketones is 1. The van der Waals surface area contributed by atoms with Crippen LogP contribution in [0.2, 0.25) is 0 Å². The lowest BCUT2D eigenvalue weighted by Gasteiger charge is -2.50. The van der Waals surface area contributed by atoms with Gasteiger partial charge in [-0.15, -0.1) is 0 Å². The molecule has 0 heterocycles. The highest BCUT2D eigenvalue weighted by Crippen LogP contribution is 2.61. The summed E-state index contributed by atoms with van der Waals surface area (Å²) in [5.41, 5.74) is 4.16. The van der Waals surface area contributed by atoms with E-state index in [0.717, 1.165) is 43.4 Å². The van der Waals surface area contributed by atoms with E-state index in [-0.39, 0.29) is 17.3 Å². The van der Waals surface area contributed by atoms with Crippen molar-refractivity contribution in [2.45, 2.75) is 57.5 Å². The summed E-state index contributed by atoms with van der Waals surface area (Å²) in [6.45, 7) is 2.30. The van der Waals surface area contributed by atoms with Gasteiger partial charge in [-0.25, -0.2) is 0 Å². The van der Waals surface area contributed by atoms with E-state index in [1.165, 1.54) is 38.9 Å². The van der Waals surface area contributed by atoms with Crippen LogP contribution in [0.15, 0.2) is 30.3 Å². The zero-order valence-corrected chi connectivity index (χ0v) is 22.5. The molecule has 0 bridgehead atoms. The Kier molecular flexibility index (Phi) is 6.97. The number of aliphatic hydroxyl groups excluding tert-OH is 1. The van der Waals surface area contributed by atoms with E-state index in [1.54, 1.807) is 25.3 Å². The molecule has 2 saturated carbocycles. The van der Waals surface area contributed by atoms with Gasteiger partial charge in [-0.05, 0) is 109 Å². The molecule has 37 heavy (non-hydrogen) atoms. The monoisotopic (exact) mass is 506 g/mol. The van der Waals surface area contributed by atoms with E-state index >= 15 is 0 Å². The van der Waals surface area contributed by atoms with E-state index in [0.29, 0.717) is 40.6 Å². The van der Waals surface area contributed by atoms with Crippen LogP contribution in [0.25, 0.3) is 6.08 Å². The van der Waals surface area contributed by atoms with Crippen LogP contribution in [0, 0.1) is 17.3 Å². The predicted molar refractivity (Wildman–Crippen MR) is 143 cm³/mol. The first-order valence-electron chi connectivity index (χ1n) is 13.3. The molecule has 0 aromatic heterocycles. The number of carbonyl (C=O) groups excluding carboxylic acids is 1. The van der Waals surface area contributed by atoms with Crippen molar-refractivity contribution in [3.05, 3.63) is 52.6 Å². The summed E-state index contributed by atoms with van der Waals surface area (Å²) < 4.78 is 21.9. The number of hydrogen-bond donors (Lipinski definition) is 1. The SMILES string of the molecule is COc1cc2c(cc1/C=C/C(=O)c1cc(OC)c(OC)c(OC)c1)[C@H]1CC[C@]3(C)C(O)CC[C@H]3[C@@H]1CC2. The van der Waals surface area contributed by atoms with Crippen molar-refractivity contribution in [1.29, 1.82) is 0 Å². The molecule has 2 fully saturated rings. The minimum atomic E-state index is -0.171. The summed E-state index contributed by atoms with van der Waals surface area (Å²) in [6.07, 6.45) is 9.67. The molecule has 5 rings (SSSR count). The highest BCUT2D eigenvalue weighted by molar-refractivity contribution is 6.07. The second-order valence-electron chi connectivity index (χ2n) is 11.0. The Labute approximate surface area is 219 Å². The summed E-state index contributed by atoms with van der Waals surface area (Å²) in [7, 11) is 6.29. The van der Waals surface area contributed by atoms with Gasteiger partial charge in [-0.3, -0.25) is 4.79 Å². The lowest BCUT2D eigenvalue weighted by Crippen LogP contribution is -2.43. The third-order valence-corrected chi connectivity index (χ3v) is 9.39. The quantitative estimate of drug-likeness (QED) is 0.376. The summed E-state index contributed by atoms with van der Waals surface area (Å²) in [5, 5.41) is 10.7. The van der Waals surface area contributed by atoms with Crippen molar-refractivity contribution in [3.8, 4) is 23.0 Å². The van der Waals surface area contributed by atoms with Gasteiger partial charge < -0.3 is 24.1 Å². The number of methoxy groups -OCH3 is 4. The van der Waals surface area contributed by atoms with Gasteiger partial charge in [0.2, 0.25) is 5.75 Å². The molecule has 6 heteroatoms. The first-order valence-corrected chi connectivity index (χ1v) is 13.3. The predicted octanol–water partition coefficient (Wildman–Crippen LogP) is 5.83. The Morgan fingerprint density at radius 2 is 1.62 bits per heavy atom. The summed E-state index contributed by atoms with van der Waals surface area (Å²) in [5.74, 6) is 3.64. The van der Waals surface area contributed by atoms with Crippen LogP contribution >= 0.6 is 0 Å². The molecule has 3 aliphatic carbocycles. The van der Waals surface area contributed by atoms with Crippen molar-refractivity contribution in [3.63, 3.8) is 0 Å². The largest absolute Gasteiger partial charge is 0.496 e. The van der Waals surface area contributed by atoms with Crippen LogP contribution in [-0.2, 0) is 6.42 Å². The van der Waals surface area contributed by atoms with Crippen LogP contribution in [0.5, 0.6) is 23.0 Å². The van der Waals surface area contributed by atoms with Gasteiger partial charge in [0, 0.05) is 11.1 Å². The van der Waals surface area contributed by atoms with E-state index < -0.39 is 0 Å². The molecule has 5 atom stereocenters. The van der Waals surface area contributed by atoms with Crippen LogP contribution in [-0.4, -0.2) is 45.4 Å². The Balaban J connectivity index is 1.45. The van der Waals surface area contributed by atoms with Crippen LogP contribution < -0.4 is 18.9 Å². The van der Waals surface area contributed by atoms with Gasteiger partial charge in [0.25, 0.3) is 0 Å². The lowest BCUT2D eigenvalue weighted by atomic mass is 9.55. The van der Waals surface area contributed by atoms with Crippen LogP contribution in [0.4, 0.5) is 0 Å². The van der Waals surface area contributed by atoms with E-state index in [4.69, 9.17) is 18.9 Å². The average molecular weight is 507 g/mol. The Morgan fingerprint density at radius 1 is 0.919 bits per heavy atom. The second kappa shape index (κ2) is 10.1. The van der Waals surface area contributed by atoms with Gasteiger partial charge in [0.05, 0.1) is 34.5 Å². The lowest BCUT2D eigenvalue weighted by molar-refractivity contribution is -0.0226. The maximum Gasteiger partial charge on any atom is 0.203 e. The van der Waals surface area contributed by atoms with Crippen molar-refractivity contribution in [1.82, 2.24) is 0 Å². The molecule has 2 aromatic rings. The van der Waals surface area contributed by atoms with Crippen molar-refractivity contribution in [2.75, 3.05) is 28.4 Å². The summed E-state index contributed by atoms with van der Waals surface area (Å²) in [6, 6.07) is 7.72. The van der Waals surface area contributed by atoms with Crippen molar-refractivity contribution < 1.29 is 28.8 Å². The first-order chi connectivity index (χ1) is 17.8. The van der Waals surface area contributed by atoms with E-state index in [9.17, 15) is 9.90 Å². The number of aliphatic hydroxyl groups is 1. The maximum atomic E-state index is 13.2. The molecule has 0 spiro atoms. The fourth-order valence-corrected chi connectivity index (χ4v) is 7.38. The summed E-state index contributed by atoms with van der Waals surface area (Å²) >= 11 is 0. The van der Waals surface area contributed by atoms with Gasteiger partial charge in [0.1, 0.15) is 5.75 Å². The highest BCUT2D eigenvalue weighted by Gasteiger charge is 2.54. The molecule has 0 radical (unpaired) electrons. The standard InChI is InChI=1S/C31H38O6/c1-31-13-12-21-22(24(31)9-11-29(31)33)8-6-18-15-26(34-2)19(14-23(18)21)7-10-25(32)20-16-27(35-3)30(37-5)28(17-20)36-4/h7,10,14-17,21-22,24,29,33H,6,8-9,11-13H2,1-5H3/b10-7+/t21-,22+,24-,29?,31-/m0/s1. The van der Waals surface area contributed by atoms with Gasteiger partial charge >= 0.3 is 0 Å². The molecule has 2 aromatic carbocycles. The molecule has 6 nitrogen and oxygen atoms in total. The van der Waals surface area contributed by atoms with Gasteiger partial charge in [0.15, 0.2) is 17.3 Å². The normalized spacial score (nSPS) is 28.3. The topological polar surface area (TPSA) is 74.2 Å². The summed E-state index contributed by atoms with van der Waals surface area (Å²) in [4.78, 5) is 13.2. The molecule has 198 valence electrons. The molecular weight excluding hydrogens is 468 g/mol. The number of benzene rings is 2. The number of fused-ring (bicyclic) bond motifs is 5. The smallest absolute Gasteiger partial charge is 0.203 e. The minimum absolute atomic E-state index is 0.0563. The molecule has 1 N–H and O–H groups in total. The fourth-order valence-electron chi connectivity index (χ4n) is 7.38. The maximum absolute atomic E-state index is 13.2. The minimum Gasteiger partial charge on any atom is -0.496 e. The van der Waals surface area contributed by atoms with E-state index in [2.05, 4.69) is 19.1 Å². The van der Waals surface area contributed by atoms with Crippen molar-refractivity contribution >= 4 is 11.9 Å². The molecule has 0 amide bonds. The Hall–Kier alpha value is -2.99. The second-order valence-corrected chi connectivity index (χ2v) is 11.0.